The Morgan fingerprint density at radius 3 is 2.67 bits per heavy atom. The molecule has 130 valence electrons. The number of hydrogen-bond donors (Lipinski definition) is 2. The summed E-state index contributed by atoms with van der Waals surface area (Å²) >= 11 is 1.58. The smallest absolute Gasteiger partial charge is 0.198 e. The highest BCUT2D eigenvalue weighted by molar-refractivity contribution is 7.13. The number of alkyl halides is 1. The van der Waals surface area contributed by atoms with Gasteiger partial charge in [-0.2, -0.15) is 0 Å². The molecule has 6 heteroatoms. The largest absolute Gasteiger partial charge is 0.385 e. The molecule has 0 aliphatic rings. The molecule has 2 aromatic rings. The van der Waals surface area contributed by atoms with Crippen LogP contribution in [0.15, 0.2) is 22.5 Å². The molecule has 2 N–H and O–H groups in total. The summed E-state index contributed by atoms with van der Waals surface area (Å²) in [6.07, 6.45) is 0.103. The highest BCUT2D eigenvalue weighted by Crippen LogP contribution is 2.39. The van der Waals surface area contributed by atoms with Crippen LogP contribution in [0.25, 0.3) is 10.6 Å². The van der Waals surface area contributed by atoms with Crippen LogP contribution in [0.3, 0.4) is 0 Å². The van der Waals surface area contributed by atoms with Crippen LogP contribution in [0.4, 0.5) is 15.8 Å². The number of halogens is 1. The third kappa shape index (κ3) is 3.99. The number of aliphatic imine (C=N–C) groups is 1. The predicted octanol–water partition coefficient (Wildman–Crippen LogP) is 4.88. The Hall–Kier alpha value is -1.79. The fourth-order valence-corrected chi connectivity index (χ4v) is 3.28. The van der Waals surface area contributed by atoms with Crippen molar-refractivity contribution in [3.8, 4) is 10.6 Å². The molecular weight excluding hydrogens is 325 g/mol. The first-order chi connectivity index (χ1) is 11.3. The van der Waals surface area contributed by atoms with Gasteiger partial charge < -0.3 is 10.4 Å². The van der Waals surface area contributed by atoms with Gasteiger partial charge in [0.25, 0.3) is 0 Å². The molecule has 0 saturated heterocycles. The average molecular weight is 349 g/mol. The van der Waals surface area contributed by atoms with Gasteiger partial charge >= 0.3 is 0 Å². The number of aryl methyl sites for hydroxylation is 1. The lowest BCUT2D eigenvalue weighted by Gasteiger charge is -2.25. The lowest BCUT2D eigenvalue weighted by Crippen LogP contribution is -2.38. The second-order valence-corrected chi connectivity index (χ2v) is 7.21. The fourth-order valence-electron chi connectivity index (χ4n) is 2.43. The second kappa shape index (κ2) is 7.40. The fraction of sp³-hybridized carbons (Fsp3) is 0.444. The van der Waals surface area contributed by atoms with Crippen LogP contribution in [0.1, 0.15) is 38.4 Å². The second-order valence-electron chi connectivity index (χ2n) is 6.35. The number of rotatable bonds is 7. The van der Waals surface area contributed by atoms with Gasteiger partial charge in [0.2, 0.25) is 0 Å². The summed E-state index contributed by atoms with van der Waals surface area (Å²) in [7, 11) is 0. The molecule has 1 aromatic heterocycles. The van der Waals surface area contributed by atoms with Crippen LogP contribution in [0, 0.1) is 6.92 Å². The van der Waals surface area contributed by atoms with Gasteiger partial charge in [0, 0.05) is 16.6 Å². The van der Waals surface area contributed by atoms with E-state index in [2.05, 4.69) is 28.9 Å². The summed E-state index contributed by atoms with van der Waals surface area (Å²) < 4.78 is 14.2. The molecule has 2 rings (SSSR count). The molecule has 0 spiro atoms. The normalized spacial score (nSPS) is 12.9. The predicted molar refractivity (Wildman–Crippen MR) is 100 cm³/mol. The molecule has 1 atom stereocenters. The molecule has 24 heavy (non-hydrogen) atoms. The highest BCUT2D eigenvalue weighted by Gasteiger charge is 2.27. The Kier molecular flexibility index (Phi) is 5.72. The van der Waals surface area contributed by atoms with E-state index in [-0.39, 0.29) is 0 Å². The molecular formula is C18H24FN3OS. The number of aromatic nitrogens is 1. The first-order valence-electron chi connectivity index (χ1n) is 7.96. The molecule has 1 heterocycles. The number of aliphatic hydroxyl groups is 1. The molecule has 0 amide bonds. The van der Waals surface area contributed by atoms with E-state index in [1.165, 1.54) is 13.8 Å². The first-order valence-corrected chi connectivity index (χ1v) is 8.84. The van der Waals surface area contributed by atoms with E-state index in [1.54, 1.807) is 17.4 Å². The Bertz CT molecular complexity index is 722. The number of benzene rings is 1. The van der Waals surface area contributed by atoms with Crippen molar-refractivity contribution < 1.29 is 9.50 Å². The lowest BCUT2D eigenvalue weighted by molar-refractivity contribution is 0.0101. The summed E-state index contributed by atoms with van der Waals surface area (Å²) in [5, 5.41) is 15.5. The Balaban J connectivity index is 2.52. The number of thiazole rings is 1. The van der Waals surface area contributed by atoms with Crippen molar-refractivity contribution in [1.29, 1.82) is 0 Å². The van der Waals surface area contributed by atoms with Gasteiger partial charge in [-0.05, 0) is 51.6 Å². The summed E-state index contributed by atoms with van der Waals surface area (Å²) in [5.74, 6) is 0. The molecule has 1 aromatic carbocycles. The maximum absolute atomic E-state index is 14.2. The van der Waals surface area contributed by atoms with Gasteiger partial charge in [-0.15, -0.1) is 11.3 Å². The Labute approximate surface area is 146 Å². The number of anilines is 1. The van der Waals surface area contributed by atoms with Crippen LogP contribution in [-0.4, -0.2) is 28.7 Å². The van der Waals surface area contributed by atoms with Crippen molar-refractivity contribution in [2.24, 2.45) is 4.99 Å². The van der Waals surface area contributed by atoms with Crippen molar-refractivity contribution in [3.05, 3.63) is 28.8 Å². The molecule has 0 saturated carbocycles. The van der Waals surface area contributed by atoms with Gasteiger partial charge in [-0.1, -0.05) is 13.3 Å². The molecule has 0 fully saturated rings. The van der Waals surface area contributed by atoms with Gasteiger partial charge in [0.05, 0.1) is 11.4 Å². The number of nitrogens with one attached hydrogen (secondary N) is 1. The molecule has 1 unspecified atom stereocenters. The molecule has 0 aliphatic heterocycles. The van der Waals surface area contributed by atoms with Crippen molar-refractivity contribution in [2.45, 2.75) is 52.4 Å². The van der Waals surface area contributed by atoms with E-state index in [4.69, 9.17) is 0 Å². The summed E-state index contributed by atoms with van der Waals surface area (Å²) in [4.78, 5) is 8.68. The topological polar surface area (TPSA) is 57.5 Å². The van der Waals surface area contributed by atoms with Crippen LogP contribution in [-0.2, 0) is 6.42 Å². The van der Waals surface area contributed by atoms with E-state index < -0.39 is 11.9 Å². The minimum atomic E-state index is -1.61. The minimum absolute atomic E-state index is 0.528. The summed E-state index contributed by atoms with van der Waals surface area (Å²) in [6.45, 7) is 10.5. The zero-order valence-corrected chi connectivity index (χ0v) is 15.4. The van der Waals surface area contributed by atoms with E-state index in [0.717, 1.165) is 34.7 Å². The van der Waals surface area contributed by atoms with E-state index in [0.29, 0.717) is 11.4 Å². The molecule has 0 radical (unpaired) electrons. The SMILES string of the molecule is C=Nc1c(NC(F)C(C)(C)O)ccc(-c2nc(C)cs2)c1CCC. The average Bonchev–Trinajstić information content (AvgIpc) is 2.93. The molecule has 0 aliphatic carbocycles. The Morgan fingerprint density at radius 1 is 1.46 bits per heavy atom. The third-order valence-corrected chi connectivity index (χ3v) is 4.69. The van der Waals surface area contributed by atoms with Crippen molar-refractivity contribution >= 4 is 29.4 Å². The van der Waals surface area contributed by atoms with Crippen LogP contribution >= 0.6 is 11.3 Å². The number of hydrogen-bond acceptors (Lipinski definition) is 5. The van der Waals surface area contributed by atoms with Crippen LogP contribution in [0.2, 0.25) is 0 Å². The standard InChI is InChI=1S/C18H24FN3OS/c1-6-7-12-13(16-21-11(2)10-24-16)8-9-14(15(12)20-5)22-17(19)18(3,4)23/h8-10,17,22-23H,5-7H2,1-4H3. The number of nitrogens with zero attached hydrogens (tertiary/aromatic N) is 2. The van der Waals surface area contributed by atoms with Crippen molar-refractivity contribution in [3.63, 3.8) is 0 Å². The zero-order valence-electron chi connectivity index (χ0n) is 14.6. The van der Waals surface area contributed by atoms with E-state index >= 15 is 0 Å². The van der Waals surface area contributed by atoms with Crippen LogP contribution in [0.5, 0.6) is 0 Å². The van der Waals surface area contributed by atoms with E-state index in [9.17, 15) is 9.50 Å². The van der Waals surface area contributed by atoms with Gasteiger partial charge in [0.1, 0.15) is 10.6 Å². The monoisotopic (exact) mass is 349 g/mol. The van der Waals surface area contributed by atoms with Crippen molar-refractivity contribution in [2.75, 3.05) is 5.32 Å². The quantitative estimate of drug-likeness (QED) is 0.553. The molecule has 0 bridgehead atoms. The van der Waals surface area contributed by atoms with Gasteiger partial charge in [-0.25, -0.2) is 9.37 Å². The van der Waals surface area contributed by atoms with Crippen LogP contribution < -0.4 is 5.32 Å². The maximum Gasteiger partial charge on any atom is 0.198 e. The minimum Gasteiger partial charge on any atom is -0.385 e. The summed E-state index contributed by atoms with van der Waals surface area (Å²) in [5.41, 5.74) is 2.62. The first kappa shape index (κ1) is 18.5. The highest BCUT2D eigenvalue weighted by atomic mass is 32.1. The van der Waals surface area contributed by atoms with Gasteiger partial charge in [0.15, 0.2) is 6.30 Å². The Morgan fingerprint density at radius 2 is 2.17 bits per heavy atom. The van der Waals surface area contributed by atoms with E-state index in [1.807, 2.05) is 18.4 Å². The molecule has 4 nitrogen and oxygen atoms in total. The summed E-state index contributed by atoms with van der Waals surface area (Å²) in [6, 6.07) is 3.70. The maximum atomic E-state index is 14.2. The zero-order chi connectivity index (χ0) is 17.9. The van der Waals surface area contributed by atoms with Crippen molar-refractivity contribution in [1.82, 2.24) is 4.98 Å². The third-order valence-electron chi connectivity index (χ3n) is 3.69. The lowest BCUT2D eigenvalue weighted by atomic mass is 9.99. The van der Waals surface area contributed by atoms with Gasteiger partial charge in [-0.3, -0.25) is 4.99 Å².